The molecule has 1 heterocycles. The van der Waals surface area contributed by atoms with Crippen LogP contribution in [0, 0.1) is 0 Å². The summed E-state index contributed by atoms with van der Waals surface area (Å²) in [6.45, 7) is 0. The van der Waals surface area contributed by atoms with Crippen LogP contribution in [-0.4, -0.2) is 11.0 Å². The first-order chi connectivity index (χ1) is 18.7. The second-order valence-electron chi connectivity index (χ2n) is 8.64. The van der Waals surface area contributed by atoms with Gasteiger partial charge in [0.25, 0.3) is 0 Å². The maximum Gasteiger partial charge on any atom is 0.416 e. The molecule has 0 aliphatic carbocycles. The van der Waals surface area contributed by atoms with E-state index in [2.05, 4.69) is 10.7 Å². The summed E-state index contributed by atoms with van der Waals surface area (Å²) in [5, 5.41) is 5.51. The lowest BCUT2D eigenvalue weighted by molar-refractivity contribution is -0.137. The highest BCUT2D eigenvalue weighted by atomic mass is 35.5. The lowest BCUT2D eigenvalue weighted by Crippen LogP contribution is -2.42. The average Bonchev–Trinajstić information content (AvgIpc) is 3.36. The van der Waals surface area contributed by atoms with E-state index in [1.54, 1.807) is 48.5 Å². The van der Waals surface area contributed by atoms with E-state index in [4.69, 9.17) is 27.9 Å². The Morgan fingerprint density at radius 2 is 1.33 bits per heavy atom. The molecule has 1 aliphatic heterocycles. The number of carbonyl (C=O) groups excluding carboxylic acids is 1. The minimum atomic E-state index is -4.42. The number of nitrogens with zero attached hydrogens (tertiary/aromatic N) is 1. The van der Waals surface area contributed by atoms with Crippen molar-refractivity contribution in [1.82, 2.24) is 10.4 Å². The molecule has 0 spiro atoms. The van der Waals surface area contributed by atoms with Crippen LogP contribution in [0.15, 0.2) is 103 Å². The largest absolute Gasteiger partial charge is 0.457 e. The van der Waals surface area contributed by atoms with E-state index in [0.29, 0.717) is 21.5 Å². The number of nitrogens with one attached hydrogen (secondary N) is 2. The summed E-state index contributed by atoms with van der Waals surface area (Å²) in [7, 11) is 0. The van der Waals surface area contributed by atoms with E-state index < -0.39 is 23.8 Å². The van der Waals surface area contributed by atoms with Crippen molar-refractivity contribution < 1.29 is 22.7 Å². The van der Waals surface area contributed by atoms with Gasteiger partial charge in [0.2, 0.25) is 0 Å². The lowest BCUT2D eigenvalue weighted by atomic mass is 10.0. The molecule has 2 N–H and O–H groups in total. The summed E-state index contributed by atoms with van der Waals surface area (Å²) in [5.41, 5.74) is 5.36. The molecular formula is C29H20Cl2F3N3O2. The highest BCUT2D eigenvalue weighted by Gasteiger charge is 2.31. The van der Waals surface area contributed by atoms with Crippen LogP contribution in [0.4, 0.5) is 23.7 Å². The van der Waals surface area contributed by atoms with Gasteiger partial charge < -0.3 is 10.1 Å². The molecule has 5 rings (SSSR count). The number of anilines is 1. The molecule has 39 heavy (non-hydrogen) atoms. The third-order valence-corrected chi connectivity index (χ3v) is 6.46. The number of benzene rings is 4. The Kier molecular flexibility index (Phi) is 7.41. The number of hydrazine groups is 1. The number of hydrogen-bond acceptors (Lipinski definition) is 3. The Morgan fingerprint density at radius 1 is 0.795 bits per heavy atom. The topological polar surface area (TPSA) is 53.6 Å². The fraction of sp³-hybridized carbons (Fsp3) is 0.0690. The van der Waals surface area contributed by atoms with Crippen molar-refractivity contribution in [2.75, 3.05) is 5.32 Å². The van der Waals surface area contributed by atoms with Crippen LogP contribution in [-0.2, 0) is 6.18 Å². The summed E-state index contributed by atoms with van der Waals surface area (Å²) in [6.07, 6.45) is -2.48. The van der Waals surface area contributed by atoms with Crippen LogP contribution in [0.1, 0.15) is 22.7 Å². The van der Waals surface area contributed by atoms with Gasteiger partial charge in [0.1, 0.15) is 17.5 Å². The minimum Gasteiger partial charge on any atom is -0.457 e. The standard InChI is InChI=1S/C29H20Cl2F3N3O2/c30-21-7-1-18(2-8-21)26-17-27(19-3-9-22(31)10-4-19)37(36-26)28(38)35-23-11-15-25(16-12-23)39-24-13-5-20(6-14-24)29(32,33)34/h1-17,27,36H,(H,35,38). The highest BCUT2D eigenvalue weighted by Crippen LogP contribution is 2.34. The SMILES string of the molecule is O=C(Nc1ccc(Oc2ccc(C(F)(F)F)cc2)cc1)N1NC(c2ccc(Cl)cc2)=CC1c1ccc(Cl)cc1. The Bertz CT molecular complexity index is 1490. The zero-order chi connectivity index (χ0) is 27.6. The van der Waals surface area contributed by atoms with Gasteiger partial charge >= 0.3 is 12.2 Å². The van der Waals surface area contributed by atoms with Crippen molar-refractivity contribution in [2.45, 2.75) is 12.2 Å². The average molecular weight is 570 g/mol. The number of urea groups is 1. The molecule has 10 heteroatoms. The Labute approximate surface area is 232 Å². The molecule has 0 radical (unpaired) electrons. The molecule has 4 aromatic carbocycles. The van der Waals surface area contributed by atoms with E-state index >= 15 is 0 Å². The Balaban J connectivity index is 1.29. The van der Waals surface area contributed by atoms with Crippen molar-refractivity contribution in [1.29, 1.82) is 0 Å². The van der Waals surface area contributed by atoms with E-state index in [-0.39, 0.29) is 5.75 Å². The summed E-state index contributed by atoms with van der Waals surface area (Å²) in [6, 6.07) is 24.6. The Morgan fingerprint density at radius 3 is 1.90 bits per heavy atom. The molecule has 1 unspecified atom stereocenters. The van der Waals surface area contributed by atoms with Crippen molar-refractivity contribution >= 4 is 40.6 Å². The van der Waals surface area contributed by atoms with Crippen LogP contribution in [0.3, 0.4) is 0 Å². The minimum absolute atomic E-state index is 0.257. The molecule has 0 saturated heterocycles. The molecular weight excluding hydrogens is 550 g/mol. The number of alkyl halides is 3. The zero-order valence-corrected chi connectivity index (χ0v) is 21.6. The van der Waals surface area contributed by atoms with Crippen molar-refractivity contribution in [2.24, 2.45) is 0 Å². The van der Waals surface area contributed by atoms with Gasteiger partial charge in [-0.1, -0.05) is 47.5 Å². The summed E-state index contributed by atoms with van der Waals surface area (Å²) >= 11 is 12.1. The van der Waals surface area contributed by atoms with E-state index in [1.807, 2.05) is 30.3 Å². The predicted molar refractivity (Wildman–Crippen MR) is 146 cm³/mol. The monoisotopic (exact) mass is 569 g/mol. The molecule has 0 fully saturated rings. The van der Waals surface area contributed by atoms with Crippen molar-refractivity contribution in [3.63, 3.8) is 0 Å². The molecule has 5 nitrogen and oxygen atoms in total. The van der Waals surface area contributed by atoms with Crippen molar-refractivity contribution in [3.8, 4) is 11.5 Å². The highest BCUT2D eigenvalue weighted by molar-refractivity contribution is 6.30. The van der Waals surface area contributed by atoms with E-state index in [0.717, 1.165) is 29.0 Å². The van der Waals surface area contributed by atoms with Gasteiger partial charge in [-0.15, -0.1) is 0 Å². The summed E-state index contributed by atoms with van der Waals surface area (Å²) in [5.74, 6) is 0.658. The molecule has 0 bridgehead atoms. The van der Waals surface area contributed by atoms with Gasteiger partial charge in [-0.05, 0) is 90.0 Å². The van der Waals surface area contributed by atoms with Gasteiger partial charge in [0, 0.05) is 15.7 Å². The molecule has 1 atom stereocenters. The quantitative estimate of drug-likeness (QED) is 0.252. The van der Waals surface area contributed by atoms with Crippen LogP contribution in [0.5, 0.6) is 11.5 Å². The molecule has 1 aliphatic rings. The third kappa shape index (κ3) is 6.30. The van der Waals surface area contributed by atoms with Crippen LogP contribution < -0.4 is 15.5 Å². The number of amides is 2. The maximum atomic E-state index is 13.3. The van der Waals surface area contributed by atoms with Gasteiger partial charge in [-0.2, -0.15) is 13.2 Å². The molecule has 2 amide bonds. The van der Waals surface area contributed by atoms with E-state index in [9.17, 15) is 18.0 Å². The normalized spacial score (nSPS) is 14.9. The number of ether oxygens (including phenoxy) is 1. The van der Waals surface area contributed by atoms with E-state index in [1.165, 1.54) is 17.1 Å². The van der Waals surface area contributed by atoms with Crippen molar-refractivity contribution in [3.05, 3.63) is 130 Å². The van der Waals surface area contributed by atoms with Gasteiger partial charge in [-0.3, -0.25) is 5.43 Å². The van der Waals surface area contributed by atoms with Gasteiger partial charge in [0.05, 0.1) is 11.3 Å². The summed E-state index contributed by atoms with van der Waals surface area (Å²) < 4.78 is 43.9. The fourth-order valence-electron chi connectivity index (χ4n) is 3.98. The first kappa shape index (κ1) is 26.5. The number of hydrogen-bond donors (Lipinski definition) is 2. The molecule has 4 aromatic rings. The van der Waals surface area contributed by atoms with Gasteiger partial charge in [-0.25, -0.2) is 9.80 Å². The lowest BCUT2D eigenvalue weighted by Gasteiger charge is -2.26. The molecule has 0 saturated carbocycles. The second-order valence-corrected chi connectivity index (χ2v) is 9.52. The molecule has 198 valence electrons. The number of halogens is 5. The second kappa shape index (κ2) is 10.9. The first-order valence-electron chi connectivity index (χ1n) is 11.7. The first-order valence-corrected chi connectivity index (χ1v) is 12.5. The Hall–Kier alpha value is -4.14. The van der Waals surface area contributed by atoms with Crippen LogP contribution >= 0.6 is 23.2 Å². The maximum absolute atomic E-state index is 13.3. The third-order valence-electron chi connectivity index (χ3n) is 5.95. The smallest absolute Gasteiger partial charge is 0.416 e. The summed E-state index contributed by atoms with van der Waals surface area (Å²) in [4.78, 5) is 13.3. The predicted octanol–water partition coefficient (Wildman–Crippen LogP) is 8.94. The number of carbonyl (C=O) groups is 1. The molecule has 0 aromatic heterocycles. The van der Waals surface area contributed by atoms with Crippen LogP contribution in [0.2, 0.25) is 10.0 Å². The van der Waals surface area contributed by atoms with Crippen LogP contribution in [0.25, 0.3) is 5.70 Å². The number of rotatable bonds is 5. The zero-order valence-electron chi connectivity index (χ0n) is 20.0. The fourth-order valence-corrected chi connectivity index (χ4v) is 4.23. The van der Waals surface area contributed by atoms with Gasteiger partial charge in [0.15, 0.2) is 0 Å².